The highest BCUT2D eigenvalue weighted by Gasteiger charge is 2.11. The van der Waals surface area contributed by atoms with E-state index in [-0.39, 0.29) is 12.5 Å². The molecule has 1 heterocycles. The molecule has 38 heavy (non-hydrogen) atoms. The van der Waals surface area contributed by atoms with Gasteiger partial charge in [-0.05, 0) is 31.0 Å². The molecule has 0 radical (unpaired) electrons. The molecule has 0 fully saturated rings. The zero-order chi connectivity index (χ0) is 27.3. The summed E-state index contributed by atoms with van der Waals surface area (Å²) in [5.41, 5.74) is 1.20. The molecule has 5 nitrogen and oxygen atoms in total. The Kier molecular flexibility index (Phi) is 17.4. The van der Waals surface area contributed by atoms with E-state index >= 15 is 0 Å². The minimum atomic E-state index is -0.166. The molecule has 0 unspecified atom stereocenters. The van der Waals surface area contributed by atoms with Gasteiger partial charge in [-0.15, -0.1) is 0 Å². The third-order valence-electron chi connectivity index (χ3n) is 6.68. The van der Waals surface area contributed by atoms with E-state index in [9.17, 15) is 4.79 Å². The van der Waals surface area contributed by atoms with Gasteiger partial charge in [0.15, 0.2) is 19.0 Å². The molecule has 0 aliphatic heterocycles. The molecule has 0 aliphatic carbocycles. The topological polar surface area (TPSA) is 51.4 Å². The first kappa shape index (κ1) is 31.9. The molecule has 212 valence electrons. The van der Waals surface area contributed by atoms with Crippen LogP contribution < -0.4 is 19.4 Å². The Hall–Kier alpha value is -2.27. The minimum absolute atomic E-state index is 0.0768. The van der Waals surface area contributed by atoms with Crippen molar-refractivity contribution in [3.63, 3.8) is 0 Å². The molecule has 0 aliphatic rings. The highest BCUT2D eigenvalue weighted by atomic mass is 35.5. The molecular formula is C32H50ClN2O3+. The number of nitrogens with zero attached hydrogens (tertiary/aromatic N) is 1. The number of amides is 1. The fourth-order valence-corrected chi connectivity index (χ4v) is 4.74. The number of benzene rings is 1. The third-order valence-corrected chi connectivity index (χ3v) is 7.05. The van der Waals surface area contributed by atoms with E-state index in [1.807, 2.05) is 18.2 Å². The van der Waals surface area contributed by atoms with E-state index in [0.717, 1.165) is 25.8 Å². The van der Waals surface area contributed by atoms with Crippen LogP contribution >= 0.6 is 11.6 Å². The summed E-state index contributed by atoms with van der Waals surface area (Å²) >= 11 is 6.48. The molecule has 0 atom stereocenters. The summed E-state index contributed by atoms with van der Waals surface area (Å²) in [7, 11) is 0. The number of aromatic nitrogens is 1. The summed E-state index contributed by atoms with van der Waals surface area (Å²) in [6.07, 6.45) is 21.8. The number of rotatable bonds is 22. The predicted molar refractivity (Wildman–Crippen MR) is 157 cm³/mol. The number of hydrogen-bond donors (Lipinski definition) is 1. The zero-order valence-corrected chi connectivity index (χ0v) is 24.6. The van der Waals surface area contributed by atoms with Gasteiger partial charge >= 0.3 is 0 Å². The molecule has 1 amide bonds. The van der Waals surface area contributed by atoms with Crippen LogP contribution in [0.25, 0.3) is 0 Å². The standard InChI is InChI=1S/C32H49ClN2O3/c1-3-5-6-7-8-9-10-11-12-13-14-15-25-37-29-19-16-20-30(32(29)33)38-27-31(36)34-22-21-28-18-17-24-35(26-28)23-4-2/h16-20,24,26H,3-15,21-23,25,27H2,1-2H3/p+1. The van der Waals surface area contributed by atoms with Crippen molar-refractivity contribution in [2.75, 3.05) is 19.8 Å². The average Bonchev–Trinajstić information content (AvgIpc) is 2.92. The Morgan fingerprint density at radius 1 is 0.816 bits per heavy atom. The number of ether oxygens (including phenoxy) is 2. The average molecular weight is 546 g/mol. The second-order valence-corrected chi connectivity index (χ2v) is 10.5. The lowest BCUT2D eigenvalue weighted by Gasteiger charge is -2.12. The predicted octanol–water partition coefficient (Wildman–Crippen LogP) is 7.86. The van der Waals surface area contributed by atoms with Crippen LogP contribution in [-0.4, -0.2) is 25.7 Å². The lowest BCUT2D eigenvalue weighted by molar-refractivity contribution is -0.697. The van der Waals surface area contributed by atoms with E-state index in [1.54, 1.807) is 6.07 Å². The van der Waals surface area contributed by atoms with Crippen molar-refractivity contribution in [3.8, 4) is 11.5 Å². The third kappa shape index (κ3) is 14.0. The molecule has 1 aromatic heterocycles. The molecule has 0 spiro atoms. The number of halogens is 1. The van der Waals surface area contributed by atoms with Crippen molar-refractivity contribution in [1.29, 1.82) is 0 Å². The van der Waals surface area contributed by atoms with Crippen molar-refractivity contribution < 1.29 is 18.8 Å². The van der Waals surface area contributed by atoms with Crippen molar-refractivity contribution in [2.45, 2.75) is 110 Å². The maximum atomic E-state index is 12.3. The number of unbranched alkanes of at least 4 members (excludes halogenated alkanes) is 11. The molecule has 0 saturated carbocycles. The van der Waals surface area contributed by atoms with Crippen molar-refractivity contribution >= 4 is 17.5 Å². The van der Waals surface area contributed by atoms with Crippen LogP contribution in [0.2, 0.25) is 5.02 Å². The Bertz CT molecular complexity index is 906. The number of pyridine rings is 1. The van der Waals surface area contributed by atoms with Crippen LogP contribution in [-0.2, 0) is 17.8 Å². The van der Waals surface area contributed by atoms with Crippen molar-refractivity contribution in [3.05, 3.63) is 53.3 Å². The van der Waals surface area contributed by atoms with Crippen LogP contribution in [0.15, 0.2) is 42.7 Å². The Labute approximate surface area is 236 Å². The van der Waals surface area contributed by atoms with Crippen LogP contribution in [0.1, 0.15) is 103 Å². The van der Waals surface area contributed by atoms with Gasteiger partial charge in [-0.25, -0.2) is 4.57 Å². The van der Waals surface area contributed by atoms with Crippen LogP contribution in [0, 0.1) is 0 Å². The fourth-order valence-electron chi connectivity index (χ4n) is 4.50. The first-order valence-corrected chi connectivity index (χ1v) is 15.3. The summed E-state index contributed by atoms with van der Waals surface area (Å²) in [5.74, 6) is 0.913. The lowest BCUT2D eigenvalue weighted by atomic mass is 10.1. The summed E-state index contributed by atoms with van der Waals surface area (Å²) < 4.78 is 13.8. The van der Waals surface area contributed by atoms with Gasteiger partial charge in [0.2, 0.25) is 0 Å². The van der Waals surface area contributed by atoms with E-state index in [2.05, 4.69) is 42.2 Å². The largest absolute Gasteiger partial charge is 0.492 e. The van der Waals surface area contributed by atoms with E-state index in [1.165, 1.54) is 76.2 Å². The molecule has 0 saturated heterocycles. The Morgan fingerprint density at radius 3 is 2.11 bits per heavy atom. The summed E-state index contributed by atoms with van der Waals surface area (Å²) in [6.45, 7) is 6.55. The lowest BCUT2D eigenvalue weighted by Crippen LogP contribution is -2.34. The van der Waals surface area contributed by atoms with E-state index in [0.29, 0.717) is 29.7 Å². The molecule has 0 bridgehead atoms. The van der Waals surface area contributed by atoms with Gasteiger partial charge in [0.1, 0.15) is 23.1 Å². The quantitative estimate of drug-likeness (QED) is 0.121. The molecule has 1 N–H and O–H groups in total. The monoisotopic (exact) mass is 545 g/mol. The van der Waals surface area contributed by atoms with E-state index < -0.39 is 0 Å². The maximum absolute atomic E-state index is 12.3. The van der Waals surface area contributed by atoms with Gasteiger partial charge in [-0.2, -0.15) is 0 Å². The fraction of sp³-hybridized carbons (Fsp3) is 0.625. The normalized spacial score (nSPS) is 10.9. The smallest absolute Gasteiger partial charge is 0.257 e. The van der Waals surface area contributed by atoms with Crippen molar-refractivity contribution in [1.82, 2.24) is 5.32 Å². The van der Waals surface area contributed by atoms with Gasteiger partial charge in [0.05, 0.1) is 6.61 Å². The molecule has 2 aromatic rings. The minimum Gasteiger partial charge on any atom is -0.492 e. The van der Waals surface area contributed by atoms with Crippen LogP contribution in [0.5, 0.6) is 11.5 Å². The van der Waals surface area contributed by atoms with Crippen LogP contribution in [0.4, 0.5) is 0 Å². The second-order valence-electron chi connectivity index (χ2n) is 10.1. The number of hydrogen-bond acceptors (Lipinski definition) is 3. The zero-order valence-electron chi connectivity index (χ0n) is 23.8. The van der Waals surface area contributed by atoms with Gasteiger partial charge in [0, 0.05) is 24.6 Å². The van der Waals surface area contributed by atoms with Gasteiger partial charge in [-0.1, -0.05) is 102 Å². The van der Waals surface area contributed by atoms with Gasteiger partial charge in [-0.3, -0.25) is 4.79 Å². The number of aryl methyl sites for hydroxylation is 1. The number of carbonyl (C=O) groups is 1. The molecule has 1 aromatic carbocycles. The van der Waals surface area contributed by atoms with E-state index in [4.69, 9.17) is 21.1 Å². The van der Waals surface area contributed by atoms with Crippen LogP contribution in [0.3, 0.4) is 0 Å². The Morgan fingerprint density at radius 2 is 1.45 bits per heavy atom. The molecular weight excluding hydrogens is 496 g/mol. The van der Waals surface area contributed by atoms with Gasteiger partial charge < -0.3 is 14.8 Å². The summed E-state index contributed by atoms with van der Waals surface area (Å²) in [6, 6.07) is 9.59. The highest BCUT2D eigenvalue weighted by Crippen LogP contribution is 2.34. The summed E-state index contributed by atoms with van der Waals surface area (Å²) in [4.78, 5) is 12.3. The molecule has 2 rings (SSSR count). The van der Waals surface area contributed by atoms with Crippen molar-refractivity contribution in [2.24, 2.45) is 0 Å². The van der Waals surface area contributed by atoms with Gasteiger partial charge in [0.25, 0.3) is 5.91 Å². The Balaban J connectivity index is 1.56. The highest BCUT2D eigenvalue weighted by molar-refractivity contribution is 6.33. The maximum Gasteiger partial charge on any atom is 0.257 e. The number of nitrogens with one attached hydrogen (secondary N) is 1. The number of carbonyl (C=O) groups excluding carboxylic acids is 1. The SMILES string of the molecule is CCCCCCCCCCCCCCOc1cccc(OCC(=O)NCCc2ccc[n+](CCC)c2)c1Cl. The first-order valence-electron chi connectivity index (χ1n) is 14.9. The second kappa shape index (κ2) is 20.7. The molecule has 6 heteroatoms. The summed E-state index contributed by atoms with van der Waals surface area (Å²) in [5, 5.41) is 3.34. The first-order chi connectivity index (χ1) is 18.6.